The van der Waals surface area contributed by atoms with Crippen molar-refractivity contribution in [3.8, 4) is 11.5 Å². The lowest BCUT2D eigenvalue weighted by Crippen LogP contribution is -2.03. The fraction of sp³-hybridized carbons (Fsp3) is 0.318. The molecule has 29 heavy (non-hydrogen) atoms. The summed E-state index contributed by atoms with van der Waals surface area (Å²) < 4.78 is 29.0. The molecule has 0 amide bonds. The highest BCUT2D eigenvalue weighted by molar-refractivity contribution is 7.90. The van der Waals surface area contributed by atoms with Gasteiger partial charge in [0, 0.05) is 30.9 Å². The van der Waals surface area contributed by atoms with Crippen LogP contribution < -0.4 is 0 Å². The van der Waals surface area contributed by atoms with Gasteiger partial charge in [-0.2, -0.15) is 0 Å². The van der Waals surface area contributed by atoms with Gasteiger partial charge in [0.2, 0.25) is 0 Å². The van der Waals surface area contributed by atoms with E-state index in [2.05, 4.69) is 9.97 Å². The SMILES string of the molecule is CS(=O)(=O)c1cccc(C(=O)CCCCCCc2ncc(-c3ccccn3)o2)c1. The van der Waals surface area contributed by atoms with E-state index in [1.165, 1.54) is 12.1 Å². The fourth-order valence-corrected chi connectivity index (χ4v) is 3.68. The van der Waals surface area contributed by atoms with Crippen molar-refractivity contribution in [1.29, 1.82) is 0 Å². The van der Waals surface area contributed by atoms with Gasteiger partial charge in [-0.05, 0) is 37.1 Å². The van der Waals surface area contributed by atoms with Crippen LogP contribution in [0.5, 0.6) is 0 Å². The Balaban J connectivity index is 1.38. The molecule has 0 saturated carbocycles. The number of nitrogens with zero attached hydrogens (tertiary/aromatic N) is 2. The minimum absolute atomic E-state index is 0.0248. The second-order valence-electron chi connectivity index (χ2n) is 6.97. The van der Waals surface area contributed by atoms with Crippen molar-refractivity contribution in [3.63, 3.8) is 0 Å². The van der Waals surface area contributed by atoms with Gasteiger partial charge in [0.15, 0.2) is 27.3 Å². The van der Waals surface area contributed by atoms with Crippen LogP contribution in [0, 0.1) is 0 Å². The van der Waals surface area contributed by atoms with E-state index < -0.39 is 9.84 Å². The third-order valence-electron chi connectivity index (χ3n) is 4.60. The smallest absolute Gasteiger partial charge is 0.194 e. The highest BCUT2D eigenvalue weighted by Crippen LogP contribution is 2.19. The summed E-state index contributed by atoms with van der Waals surface area (Å²) in [5, 5.41) is 0. The Hall–Kier alpha value is -2.80. The lowest BCUT2D eigenvalue weighted by Gasteiger charge is -2.04. The summed E-state index contributed by atoms with van der Waals surface area (Å²) in [6.45, 7) is 0. The van der Waals surface area contributed by atoms with E-state index >= 15 is 0 Å². The molecular weight excluding hydrogens is 388 g/mol. The number of aromatic nitrogens is 2. The molecule has 0 aliphatic rings. The first-order valence-electron chi connectivity index (χ1n) is 9.63. The molecule has 7 heteroatoms. The monoisotopic (exact) mass is 412 g/mol. The van der Waals surface area contributed by atoms with Crippen LogP contribution in [0.25, 0.3) is 11.5 Å². The van der Waals surface area contributed by atoms with Crippen LogP contribution in [0.3, 0.4) is 0 Å². The molecule has 0 atom stereocenters. The third-order valence-corrected chi connectivity index (χ3v) is 5.71. The largest absolute Gasteiger partial charge is 0.439 e. The molecule has 0 spiro atoms. The Morgan fingerprint density at radius 1 is 1.00 bits per heavy atom. The Labute approximate surface area is 170 Å². The van der Waals surface area contributed by atoms with Crippen LogP contribution in [0.15, 0.2) is 64.2 Å². The van der Waals surface area contributed by atoms with E-state index in [-0.39, 0.29) is 10.7 Å². The molecule has 3 aromatic rings. The highest BCUT2D eigenvalue weighted by Gasteiger charge is 2.12. The van der Waals surface area contributed by atoms with E-state index in [4.69, 9.17) is 4.42 Å². The van der Waals surface area contributed by atoms with Crippen LogP contribution >= 0.6 is 0 Å². The molecule has 2 heterocycles. The van der Waals surface area contributed by atoms with Gasteiger partial charge >= 0.3 is 0 Å². The topological polar surface area (TPSA) is 90.1 Å². The Morgan fingerprint density at radius 2 is 1.83 bits per heavy atom. The average Bonchev–Trinajstić information content (AvgIpc) is 3.19. The van der Waals surface area contributed by atoms with Gasteiger partial charge in [-0.3, -0.25) is 9.78 Å². The number of pyridine rings is 1. The molecule has 3 rings (SSSR count). The third kappa shape index (κ3) is 6.09. The van der Waals surface area contributed by atoms with Crippen LogP contribution in [0.1, 0.15) is 48.4 Å². The number of benzene rings is 1. The number of hydrogen-bond donors (Lipinski definition) is 0. The van der Waals surface area contributed by atoms with Gasteiger partial charge in [0.1, 0.15) is 5.69 Å². The quantitative estimate of drug-likeness (QED) is 0.359. The Bertz CT molecular complexity index is 1060. The molecule has 0 N–H and O–H groups in total. The van der Waals surface area contributed by atoms with E-state index in [1.807, 2.05) is 18.2 Å². The lowest BCUT2D eigenvalue weighted by molar-refractivity contribution is 0.0979. The number of hydrogen-bond acceptors (Lipinski definition) is 6. The van der Waals surface area contributed by atoms with E-state index in [1.54, 1.807) is 24.5 Å². The minimum atomic E-state index is -3.30. The Morgan fingerprint density at radius 3 is 2.59 bits per heavy atom. The summed E-state index contributed by atoms with van der Waals surface area (Å²) in [7, 11) is -3.30. The van der Waals surface area contributed by atoms with Crippen molar-refractivity contribution in [2.75, 3.05) is 6.26 Å². The lowest BCUT2D eigenvalue weighted by atomic mass is 10.0. The molecule has 0 aliphatic carbocycles. The highest BCUT2D eigenvalue weighted by atomic mass is 32.2. The summed E-state index contributed by atoms with van der Waals surface area (Å²) >= 11 is 0. The molecule has 1 aromatic carbocycles. The molecule has 0 saturated heterocycles. The first-order chi connectivity index (χ1) is 13.9. The zero-order valence-electron chi connectivity index (χ0n) is 16.4. The van der Waals surface area contributed by atoms with Crippen molar-refractivity contribution < 1.29 is 17.6 Å². The van der Waals surface area contributed by atoms with Crippen LogP contribution in [-0.4, -0.2) is 30.4 Å². The minimum Gasteiger partial charge on any atom is -0.439 e. The summed E-state index contributed by atoms with van der Waals surface area (Å²) in [6, 6.07) is 11.9. The van der Waals surface area contributed by atoms with Gasteiger partial charge in [-0.15, -0.1) is 0 Å². The van der Waals surface area contributed by atoms with Gasteiger partial charge in [0.25, 0.3) is 0 Å². The van der Waals surface area contributed by atoms with Crippen LogP contribution in [-0.2, 0) is 16.3 Å². The second kappa shape index (κ2) is 9.60. The molecule has 152 valence electrons. The van der Waals surface area contributed by atoms with Crippen molar-refractivity contribution in [1.82, 2.24) is 9.97 Å². The number of unbranched alkanes of at least 4 members (excludes halogenated alkanes) is 3. The summed E-state index contributed by atoms with van der Waals surface area (Å²) in [5.74, 6) is 1.34. The molecule has 0 aliphatic heterocycles. The zero-order valence-corrected chi connectivity index (χ0v) is 17.2. The summed E-state index contributed by atoms with van der Waals surface area (Å²) in [4.78, 5) is 21.0. The van der Waals surface area contributed by atoms with Gasteiger partial charge < -0.3 is 4.42 Å². The number of oxazole rings is 1. The van der Waals surface area contributed by atoms with Crippen molar-refractivity contribution in [3.05, 3.63) is 66.3 Å². The zero-order chi connectivity index (χ0) is 20.7. The van der Waals surface area contributed by atoms with Gasteiger partial charge in [-0.1, -0.05) is 31.0 Å². The van der Waals surface area contributed by atoms with E-state index in [0.717, 1.165) is 44.1 Å². The van der Waals surface area contributed by atoms with Gasteiger partial charge in [-0.25, -0.2) is 13.4 Å². The predicted molar refractivity (Wildman–Crippen MR) is 110 cm³/mol. The van der Waals surface area contributed by atoms with Crippen molar-refractivity contribution in [2.45, 2.75) is 43.4 Å². The maximum Gasteiger partial charge on any atom is 0.194 e. The number of carbonyl (C=O) groups is 1. The van der Waals surface area contributed by atoms with Crippen LogP contribution in [0.4, 0.5) is 0 Å². The van der Waals surface area contributed by atoms with Gasteiger partial charge in [0.05, 0.1) is 11.1 Å². The number of Topliss-reactive ketones (excluding diaryl/α,β-unsaturated/α-hetero) is 1. The summed E-state index contributed by atoms with van der Waals surface area (Å²) in [5.41, 5.74) is 1.22. The molecule has 6 nitrogen and oxygen atoms in total. The molecule has 0 bridgehead atoms. The maximum absolute atomic E-state index is 12.3. The maximum atomic E-state index is 12.3. The Kier molecular flexibility index (Phi) is 6.93. The van der Waals surface area contributed by atoms with Crippen LogP contribution in [0.2, 0.25) is 0 Å². The number of carbonyl (C=O) groups excluding carboxylic acids is 1. The fourth-order valence-electron chi connectivity index (χ4n) is 3.01. The molecule has 0 radical (unpaired) electrons. The van der Waals surface area contributed by atoms with Crippen molar-refractivity contribution >= 4 is 15.6 Å². The number of aryl methyl sites for hydroxylation is 1. The number of sulfone groups is 1. The predicted octanol–water partition coefficient (Wildman–Crippen LogP) is 4.52. The van der Waals surface area contributed by atoms with E-state index in [0.29, 0.717) is 23.6 Å². The summed E-state index contributed by atoms with van der Waals surface area (Å²) in [6.07, 6.45) is 9.31. The molecule has 2 aromatic heterocycles. The molecule has 0 unspecified atom stereocenters. The van der Waals surface area contributed by atoms with E-state index in [9.17, 15) is 13.2 Å². The normalized spacial score (nSPS) is 11.5. The number of ketones is 1. The first kappa shape index (κ1) is 20.9. The molecule has 0 fully saturated rings. The van der Waals surface area contributed by atoms with Crippen molar-refractivity contribution in [2.24, 2.45) is 0 Å². The molecular formula is C22H24N2O4S. The average molecular weight is 413 g/mol. The standard InChI is InChI=1S/C22H24N2O4S/c1-29(26,27)18-10-8-9-17(15-18)20(25)12-4-2-3-5-13-22-24-16-21(28-22)19-11-6-7-14-23-19/h6-11,14-16H,2-5,12-13H2,1H3. The second-order valence-corrected chi connectivity index (χ2v) is 8.99. The number of rotatable bonds is 10. The first-order valence-corrected chi connectivity index (χ1v) is 11.5.